The van der Waals surface area contributed by atoms with Gasteiger partial charge >= 0.3 is 0 Å². The molecule has 0 heterocycles. The van der Waals surface area contributed by atoms with E-state index in [4.69, 9.17) is 0 Å². The first-order chi connectivity index (χ1) is 11.4. The monoisotopic (exact) mass is 332 g/mol. The van der Waals surface area contributed by atoms with Gasteiger partial charge in [-0.25, -0.2) is 0 Å². The Bertz CT molecular complexity index is 457. The molecule has 0 bridgehead atoms. The average molecular weight is 333 g/mol. The van der Waals surface area contributed by atoms with Gasteiger partial charge in [-0.15, -0.1) is 0 Å². The molecule has 0 aromatic rings. The Morgan fingerprint density at radius 3 is 2.38 bits per heavy atom. The summed E-state index contributed by atoms with van der Waals surface area (Å²) in [7, 11) is 0. The molecule has 1 nitrogen and oxygen atoms in total. The van der Waals surface area contributed by atoms with Crippen LogP contribution in [0.15, 0.2) is 0 Å². The van der Waals surface area contributed by atoms with E-state index >= 15 is 0 Å². The van der Waals surface area contributed by atoms with Gasteiger partial charge in [0.15, 0.2) is 0 Å². The van der Waals surface area contributed by atoms with Crippen molar-refractivity contribution in [2.75, 3.05) is 0 Å². The van der Waals surface area contributed by atoms with E-state index in [-0.39, 0.29) is 6.10 Å². The number of hydrogen-bond donors (Lipinski definition) is 1. The SMILES string of the molecule is CC1CCC2C(CCC3C2CCC2(C)C(C(C)C(C)O)CCC32)C1. The van der Waals surface area contributed by atoms with Gasteiger partial charge in [0.1, 0.15) is 0 Å². The zero-order chi connectivity index (χ0) is 17.1. The second-order valence-corrected chi connectivity index (χ2v) is 10.7. The van der Waals surface area contributed by atoms with Crippen LogP contribution in [0, 0.1) is 52.8 Å². The number of hydrogen-bond acceptors (Lipinski definition) is 1. The highest BCUT2D eigenvalue weighted by atomic mass is 16.3. The molecule has 0 amide bonds. The zero-order valence-corrected chi connectivity index (χ0v) is 16.5. The van der Waals surface area contributed by atoms with E-state index in [2.05, 4.69) is 20.8 Å². The first kappa shape index (κ1) is 17.4. The minimum atomic E-state index is -0.140. The first-order valence-electron chi connectivity index (χ1n) is 11.1. The van der Waals surface area contributed by atoms with Gasteiger partial charge in [-0.1, -0.05) is 27.2 Å². The molecule has 138 valence electrons. The smallest absolute Gasteiger partial charge is 0.0540 e. The molecule has 0 aliphatic heterocycles. The molecule has 0 aromatic heterocycles. The lowest BCUT2D eigenvalue weighted by Gasteiger charge is -2.57. The van der Waals surface area contributed by atoms with E-state index in [0.29, 0.717) is 11.3 Å². The maximum absolute atomic E-state index is 10.2. The van der Waals surface area contributed by atoms with Crippen molar-refractivity contribution in [3.63, 3.8) is 0 Å². The molecule has 4 aliphatic rings. The summed E-state index contributed by atoms with van der Waals surface area (Å²) >= 11 is 0. The lowest BCUT2D eigenvalue weighted by Crippen LogP contribution is -2.49. The van der Waals surface area contributed by atoms with Crippen molar-refractivity contribution in [1.82, 2.24) is 0 Å². The Kier molecular flexibility index (Phi) is 4.55. The van der Waals surface area contributed by atoms with Crippen LogP contribution < -0.4 is 0 Å². The molecule has 0 spiro atoms. The third-order valence-corrected chi connectivity index (χ3v) is 9.69. The molecule has 4 saturated carbocycles. The number of aliphatic hydroxyl groups excluding tert-OH is 1. The minimum Gasteiger partial charge on any atom is -0.393 e. The third-order valence-electron chi connectivity index (χ3n) is 9.69. The number of aliphatic hydroxyl groups is 1. The Balaban J connectivity index is 1.53. The van der Waals surface area contributed by atoms with E-state index in [9.17, 15) is 5.11 Å². The Hall–Kier alpha value is -0.0400. The van der Waals surface area contributed by atoms with Crippen LogP contribution in [0.4, 0.5) is 0 Å². The van der Waals surface area contributed by atoms with Crippen LogP contribution in [0.5, 0.6) is 0 Å². The van der Waals surface area contributed by atoms with Crippen molar-refractivity contribution in [1.29, 1.82) is 0 Å². The Labute approximate surface area is 150 Å². The predicted octanol–water partition coefficient (Wildman–Crippen LogP) is 5.91. The maximum Gasteiger partial charge on any atom is 0.0540 e. The molecule has 1 N–H and O–H groups in total. The second-order valence-electron chi connectivity index (χ2n) is 10.7. The highest BCUT2D eigenvalue weighted by Crippen LogP contribution is 2.65. The Morgan fingerprint density at radius 1 is 0.875 bits per heavy atom. The summed E-state index contributed by atoms with van der Waals surface area (Å²) in [4.78, 5) is 0. The summed E-state index contributed by atoms with van der Waals surface area (Å²) < 4.78 is 0. The van der Waals surface area contributed by atoms with Crippen molar-refractivity contribution in [2.24, 2.45) is 52.8 Å². The van der Waals surface area contributed by atoms with Crippen molar-refractivity contribution in [3.8, 4) is 0 Å². The molecule has 1 heteroatoms. The zero-order valence-electron chi connectivity index (χ0n) is 16.5. The van der Waals surface area contributed by atoms with Gasteiger partial charge < -0.3 is 5.11 Å². The lowest BCUT2D eigenvalue weighted by atomic mass is 9.48. The minimum absolute atomic E-state index is 0.140. The van der Waals surface area contributed by atoms with Gasteiger partial charge in [0.25, 0.3) is 0 Å². The van der Waals surface area contributed by atoms with Crippen molar-refractivity contribution in [3.05, 3.63) is 0 Å². The van der Waals surface area contributed by atoms with Gasteiger partial charge in [0.05, 0.1) is 6.10 Å². The average Bonchev–Trinajstić information content (AvgIpc) is 2.90. The van der Waals surface area contributed by atoms with E-state index < -0.39 is 0 Å². The van der Waals surface area contributed by atoms with E-state index in [1.807, 2.05) is 6.92 Å². The molecular formula is C23H40O. The fraction of sp³-hybridized carbons (Fsp3) is 1.00. The molecule has 4 aliphatic carbocycles. The maximum atomic E-state index is 10.2. The molecule has 0 saturated heterocycles. The first-order valence-corrected chi connectivity index (χ1v) is 11.1. The van der Waals surface area contributed by atoms with E-state index in [0.717, 1.165) is 41.4 Å². The molecule has 10 atom stereocenters. The summed E-state index contributed by atoms with van der Waals surface area (Å²) in [5.41, 5.74) is 0.520. The van der Waals surface area contributed by atoms with Crippen molar-refractivity contribution >= 4 is 0 Å². The van der Waals surface area contributed by atoms with Crippen LogP contribution in [0.3, 0.4) is 0 Å². The molecule has 4 fully saturated rings. The largest absolute Gasteiger partial charge is 0.393 e. The van der Waals surface area contributed by atoms with Crippen LogP contribution in [0.25, 0.3) is 0 Å². The topological polar surface area (TPSA) is 20.2 Å². The molecule has 0 radical (unpaired) electrons. The van der Waals surface area contributed by atoms with Crippen molar-refractivity contribution < 1.29 is 5.11 Å². The fourth-order valence-corrected chi connectivity index (χ4v) is 8.33. The van der Waals surface area contributed by atoms with Gasteiger partial charge in [-0.05, 0) is 111 Å². The number of fused-ring (bicyclic) bond motifs is 5. The second kappa shape index (κ2) is 6.29. The molecule has 4 rings (SSSR count). The number of rotatable bonds is 2. The van der Waals surface area contributed by atoms with Crippen LogP contribution in [-0.2, 0) is 0 Å². The molecular weight excluding hydrogens is 292 g/mol. The lowest BCUT2D eigenvalue weighted by molar-refractivity contribution is -0.0797. The van der Waals surface area contributed by atoms with Crippen LogP contribution in [-0.4, -0.2) is 11.2 Å². The summed E-state index contributed by atoms with van der Waals surface area (Å²) in [6.45, 7) is 9.43. The molecule has 10 unspecified atom stereocenters. The Morgan fingerprint density at radius 2 is 1.62 bits per heavy atom. The molecule has 0 aromatic carbocycles. The van der Waals surface area contributed by atoms with E-state index in [1.165, 1.54) is 57.8 Å². The van der Waals surface area contributed by atoms with Gasteiger partial charge in [-0.3, -0.25) is 0 Å². The normalized spacial score (nSPS) is 53.6. The van der Waals surface area contributed by atoms with Gasteiger partial charge in [0, 0.05) is 0 Å². The highest BCUT2D eigenvalue weighted by molar-refractivity contribution is 5.07. The third kappa shape index (κ3) is 2.60. The fourth-order valence-electron chi connectivity index (χ4n) is 8.33. The van der Waals surface area contributed by atoms with Crippen LogP contribution in [0.2, 0.25) is 0 Å². The molecule has 24 heavy (non-hydrogen) atoms. The van der Waals surface area contributed by atoms with Crippen molar-refractivity contribution in [2.45, 2.75) is 91.6 Å². The predicted molar refractivity (Wildman–Crippen MR) is 101 cm³/mol. The van der Waals surface area contributed by atoms with Crippen LogP contribution in [0.1, 0.15) is 85.5 Å². The summed E-state index contributed by atoms with van der Waals surface area (Å²) in [6.07, 6.45) is 13.2. The standard InChI is InChI=1S/C23H40O/c1-14-5-7-18-17(13-14)6-8-20-19(18)11-12-23(4)21(9-10-22(20)23)15(2)16(3)24/h14-22,24H,5-13H2,1-4H3. The van der Waals surface area contributed by atoms with Crippen LogP contribution >= 0.6 is 0 Å². The van der Waals surface area contributed by atoms with Gasteiger partial charge in [-0.2, -0.15) is 0 Å². The highest BCUT2D eigenvalue weighted by Gasteiger charge is 2.57. The summed E-state index contributed by atoms with van der Waals surface area (Å²) in [5, 5.41) is 10.2. The quantitative estimate of drug-likeness (QED) is 0.666. The van der Waals surface area contributed by atoms with E-state index in [1.54, 1.807) is 0 Å². The summed E-state index contributed by atoms with van der Waals surface area (Å²) in [6, 6.07) is 0. The summed E-state index contributed by atoms with van der Waals surface area (Å²) in [5.74, 6) is 7.38. The van der Waals surface area contributed by atoms with Gasteiger partial charge in [0.2, 0.25) is 0 Å².